The number of methoxy groups -OCH3 is 2. The van der Waals surface area contributed by atoms with Crippen molar-refractivity contribution in [1.29, 1.82) is 0 Å². The van der Waals surface area contributed by atoms with Crippen molar-refractivity contribution < 1.29 is 19.4 Å². The van der Waals surface area contributed by atoms with Crippen molar-refractivity contribution in [3.63, 3.8) is 0 Å². The van der Waals surface area contributed by atoms with Gasteiger partial charge in [0.25, 0.3) is 0 Å². The van der Waals surface area contributed by atoms with Gasteiger partial charge >= 0.3 is 0 Å². The van der Waals surface area contributed by atoms with E-state index < -0.39 is 0 Å². The van der Waals surface area contributed by atoms with Crippen molar-refractivity contribution in [3.05, 3.63) is 41.5 Å². The van der Waals surface area contributed by atoms with Crippen molar-refractivity contribution in [1.82, 2.24) is 9.88 Å². The minimum absolute atomic E-state index is 0. The van der Waals surface area contributed by atoms with Crippen LogP contribution < -0.4 is 14.2 Å². The van der Waals surface area contributed by atoms with E-state index in [0.29, 0.717) is 23.8 Å². The number of aromatic amines is 1. The Morgan fingerprint density at radius 1 is 1.03 bits per heavy atom. The molecule has 2 aromatic carbocycles. The van der Waals surface area contributed by atoms with Gasteiger partial charge in [-0.2, -0.15) is 0 Å². The van der Waals surface area contributed by atoms with Crippen molar-refractivity contribution >= 4 is 29.0 Å². The summed E-state index contributed by atoms with van der Waals surface area (Å²) in [6, 6.07) is 9.63. The predicted molar refractivity (Wildman–Crippen MR) is 116 cm³/mol. The highest BCUT2D eigenvalue weighted by molar-refractivity contribution is 6.30. The van der Waals surface area contributed by atoms with Gasteiger partial charge in [-0.25, -0.2) is 0 Å². The van der Waals surface area contributed by atoms with E-state index in [1.807, 2.05) is 44.4 Å². The summed E-state index contributed by atoms with van der Waals surface area (Å²) in [5.74, 6) is 1.99. The van der Waals surface area contributed by atoms with Gasteiger partial charge in [0.2, 0.25) is 0 Å². The molecule has 0 atom stereocenters. The van der Waals surface area contributed by atoms with Crippen LogP contribution in [0.25, 0.3) is 22.2 Å². The Bertz CT molecular complexity index is 1080. The molecule has 4 rings (SSSR count). The summed E-state index contributed by atoms with van der Waals surface area (Å²) in [7, 11) is 7.20. The van der Waals surface area contributed by atoms with E-state index in [9.17, 15) is 5.21 Å². The molecule has 0 saturated carbocycles. The second-order valence-corrected chi connectivity index (χ2v) is 6.94. The molecule has 3 aromatic rings. The van der Waals surface area contributed by atoms with E-state index in [1.54, 1.807) is 14.2 Å². The number of H-pyrrole nitrogens is 1. The molecule has 0 unspecified atom stereocenters. The van der Waals surface area contributed by atoms with E-state index in [-0.39, 0.29) is 12.4 Å². The van der Waals surface area contributed by atoms with E-state index in [1.165, 1.54) is 0 Å². The maximum Gasteiger partial charge on any atom is 0.161 e. The van der Waals surface area contributed by atoms with Crippen LogP contribution in [0, 0.1) is 0 Å². The molecule has 29 heavy (non-hydrogen) atoms. The molecule has 0 bridgehead atoms. The fourth-order valence-electron chi connectivity index (χ4n) is 3.58. The normalized spacial score (nSPS) is 13.3. The summed E-state index contributed by atoms with van der Waals surface area (Å²) in [5.41, 5.74) is 4.90. The van der Waals surface area contributed by atoms with Crippen molar-refractivity contribution in [2.75, 3.05) is 41.5 Å². The van der Waals surface area contributed by atoms with Gasteiger partial charge in [0.1, 0.15) is 18.1 Å². The van der Waals surface area contributed by atoms with Crippen LogP contribution in [0.2, 0.25) is 0 Å². The number of aromatic nitrogens is 1. The fraction of sp³-hybridized carbons (Fsp3) is 0.286. The average Bonchev–Trinajstić information content (AvgIpc) is 3.20. The summed E-state index contributed by atoms with van der Waals surface area (Å²) in [6.07, 6.45) is 0. The van der Waals surface area contributed by atoms with Crippen molar-refractivity contribution in [3.8, 4) is 28.5 Å². The Balaban J connectivity index is 0.00000240. The van der Waals surface area contributed by atoms with Crippen LogP contribution in [0.1, 0.15) is 11.1 Å². The van der Waals surface area contributed by atoms with Gasteiger partial charge in [0, 0.05) is 34.1 Å². The molecular formula is C21H24ClN3O4. The molecule has 2 N–H and O–H groups in total. The number of oxime groups is 1. The smallest absolute Gasteiger partial charge is 0.161 e. The van der Waals surface area contributed by atoms with Gasteiger partial charge in [-0.05, 0) is 44.4 Å². The monoisotopic (exact) mass is 417 g/mol. The number of likely N-dealkylation sites (N-methyl/N-ethyl adjacent to an activating group) is 1. The maximum absolute atomic E-state index is 9.76. The van der Waals surface area contributed by atoms with Crippen LogP contribution in [-0.2, 0) is 0 Å². The topological polar surface area (TPSA) is 79.3 Å². The zero-order valence-electron chi connectivity index (χ0n) is 16.8. The highest BCUT2D eigenvalue weighted by Gasteiger charge is 2.31. The lowest BCUT2D eigenvalue weighted by Crippen LogP contribution is -2.19. The zero-order chi connectivity index (χ0) is 19.8. The Kier molecular flexibility index (Phi) is 5.91. The van der Waals surface area contributed by atoms with Crippen LogP contribution in [0.4, 0.5) is 0 Å². The Labute approximate surface area is 175 Å². The number of nitrogens with one attached hydrogen (secondary N) is 1. The lowest BCUT2D eigenvalue weighted by molar-refractivity contribution is 0.261. The summed E-state index contributed by atoms with van der Waals surface area (Å²) >= 11 is 0. The number of nitrogens with zero attached hydrogens (tertiary/aromatic N) is 2. The van der Waals surface area contributed by atoms with Gasteiger partial charge in [0.05, 0.1) is 19.9 Å². The largest absolute Gasteiger partial charge is 0.493 e. The Hall–Kier alpha value is -2.90. The molecule has 0 spiro atoms. The third kappa shape index (κ3) is 3.47. The first-order valence-electron chi connectivity index (χ1n) is 8.99. The van der Waals surface area contributed by atoms with Crippen LogP contribution >= 0.6 is 12.4 Å². The summed E-state index contributed by atoms with van der Waals surface area (Å²) in [6.45, 7) is 1.43. The van der Waals surface area contributed by atoms with E-state index >= 15 is 0 Å². The molecule has 0 amide bonds. The SMILES string of the molecule is COc1cc2c(cc1OC)-c1[nH]c3ccc(OCCN(C)C)cc3c1C2=NO.Cl. The number of benzene rings is 2. The third-order valence-corrected chi connectivity index (χ3v) is 4.96. The standard InChI is InChI=1S/C21H23N3O4.ClH/c1-24(2)7-8-28-12-5-6-16-15(9-12)19-20(22-16)13-10-17(26-3)18(27-4)11-14(13)21(19)23-25;/h5-6,9-11,22,25H,7-8H2,1-4H3;1H. The third-order valence-electron chi connectivity index (χ3n) is 4.96. The van der Waals surface area contributed by atoms with Crippen molar-refractivity contribution in [2.24, 2.45) is 5.16 Å². The zero-order valence-corrected chi connectivity index (χ0v) is 17.6. The Morgan fingerprint density at radius 3 is 2.34 bits per heavy atom. The maximum atomic E-state index is 9.76. The molecule has 1 aliphatic rings. The van der Waals surface area contributed by atoms with E-state index in [2.05, 4.69) is 15.0 Å². The van der Waals surface area contributed by atoms with E-state index in [4.69, 9.17) is 14.2 Å². The second kappa shape index (κ2) is 8.23. The predicted octanol–water partition coefficient (Wildman–Crippen LogP) is 3.75. The highest BCUT2D eigenvalue weighted by Crippen LogP contribution is 2.45. The molecule has 1 heterocycles. The molecule has 0 aliphatic heterocycles. The number of hydrogen-bond acceptors (Lipinski definition) is 6. The molecular weight excluding hydrogens is 394 g/mol. The average molecular weight is 418 g/mol. The number of hydrogen-bond donors (Lipinski definition) is 2. The lowest BCUT2D eigenvalue weighted by Gasteiger charge is -2.11. The summed E-state index contributed by atoms with van der Waals surface area (Å²) < 4.78 is 16.7. The van der Waals surface area contributed by atoms with E-state index in [0.717, 1.165) is 45.6 Å². The molecule has 154 valence electrons. The van der Waals surface area contributed by atoms with Gasteiger partial charge < -0.3 is 29.3 Å². The Morgan fingerprint density at radius 2 is 1.72 bits per heavy atom. The number of fused-ring (bicyclic) bond motifs is 5. The molecule has 0 fully saturated rings. The van der Waals surface area contributed by atoms with Gasteiger partial charge in [-0.1, -0.05) is 5.16 Å². The molecule has 1 aromatic heterocycles. The molecule has 1 aliphatic carbocycles. The summed E-state index contributed by atoms with van der Waals surface area (Å²) in [5, 5.41) is 14.3. The quantitative estimate of drug-likeness (QED) is 0.369. The minimum Gasteiger partial charge on any atom is -0.493 e. The van der Waals surface area contributed by atoms with Crippen LogP contribution in [0.5, 0.6) is 17.2 Å². The van der Waals surface area contributed by atoms with Crippen LogP contribution in [0.3, 0.4) is 0 Å². The lowest BCUT2D eigenvalue weighted by atomic mass is 10.1. The number of rotatable bonds is 6. The molecule has 0 radical (unpaired) electrons. The minimum atomic E-state index is 0. The van der Waals surface area contributed by atoms with Crippen LogP contribution in [-0.4, -0.2) is 62.3 Å². The first kappa shape index (κ1) is 20.8. The second-order valence-electron chi connectivity index (χ2n) is 6.94. The van der Waals surface area contributed by atoms with Gasteiger partial charge in [0.15, 0.2) is 11.5 Å². The van der Waals surface area contributed by atoms with Gasteiger partial charge in [-0.15, -0.1) is 12.4 Å². The first-order valence-corrected chi connectivity index (χ1v) is 8.99. The van der Waals surface area contributed by atoms with Gasteiger partial charge in [-0.3, -0.25) is 0 Å². The fourth-order valence-corrected chi connectivity index (χ4v) is 3.58. The highest BCUT2D eigenvalue weighted by atomic mass is 35.5. The first-order chi connectivity index (χ1) is 13.6. The van der Waals surface area contributed by atoms with Crippen molar-refractivity contribution in [2.45, 2.75) is 0 Å². The number of halogens is 1. The van der Waals surface area contributed by atoms with Crippen LogP contribution in [0.15, 0.2) is 35.5 Å². The summed E-state index contributed by atoms with van der Waals surface area (Å²) in [4.78, 5) is 5.50. The number of ether oxygens (including phenoxy) is 3. The molecule has 8 heteroatoms. The molecule has 7 nitrogen and oxygen atoms in total. The molecule has 0 saturated heterocycles.